The van der Waals surface area contributed by atoms with E-state index in [0.717, 1.165) is 36.0 Å². The van der Waals surface area contributed by atoms with Crippen LogP contribution in [0.5, 0.6) is 0 Å². The number of hydrogen-bond donors (Lipinski definition) is 0. The van der Waals surface area contributed by atoms with E-state index in [1.807, 2.05) is 24.3 Å². The van der Waals surface area contributed by atoms with Crippen molar-refractivity contribution in [1.82, 2.24) is 0 Å². The summed E-state index contributed by atoms with van der Waals surface area (Å²) in [6.45, 7) is 2.24. The minimum Gasteiger partial charge on any atom is -0.192 e. The largest absolute Gasteiger partial charge is 0.192 e. The van der Waals surface area contributed by atoms with Crippen LogP contribution in [-0.4, -0.2) is 0 Å². The first-order valence-corrected chi connectivity index (χ1v) is 12.6. The Kier molecular flexibility index (Phi) is 8.38. The Labute approximate surface area is 205 Å². The van der Waals surface area contributed by atoms with Crippen molar-refractivity contribution in [3.63, 3.8) is 0 Å². The van der Waals surface area contributed by atoms with Crippen LogP contribution in [0.15, 0.2) is 78.4 Å². The summed E-state index contributed by atoms with van der Waals surface area (Å²) in [6, 6.07) is 27.7. The summed E-state index contributed by atoms with van der Waals surface area (Å²) in [5.41, 5.74) is 8.42. The van der Waals surface area contributed by atoms with Gasteiger partial charge in [0, 0.05) is 11.1 Å². The van der Waals surface area contributed by atoms with Crippen molar-refractivity contribution in [3.05, 3.63) is 112 Å². The molecule has 0 amide bonds. The molecule has 0 spiro atoms. The maximum Gasteiger partial charge on any atom is 0.0991 e. The quantitative estimate of drug-likeness (QED) is 0.277. The molecule has 34 heavy (non-hydrogen) atoms. The summed E-state index contributed by atoms with van der Waals surface area (Å²) in [7, 11) is 0. The molecule has 0 unspecified atom stereocenters. The Balaban J connectivity index is 1.30. The molecule has 0 aliphatic heterocycles. The van der Waals surface area contributed by atoms with Gasteiger partial charge in [0.05, 0.1) is 11.6 Å². The molecule has 4 rings (SSSR count). The number of benzene rings is 3. The van der Waals surface area contributed by atoms with Crippen molar-refractivity contribution >= 4 is 6.08 Å². The third-order valence-corrected chi connectivity index (χ3v) is 6.79. The predicted octanol–water partition coefficient (Wildman–Crippen LogP) is 8.43. The van der Waals surface area contributed by atoms with Gasteiger partial charge in [-0.1, -0.05) is 79.7 Å². The Bertz CT molecular complexity index is 1180. The number of nitriles is 1. The zero-order chi connectivity index (χ0) is 23.6. The molecular formula is C33H33N. The molecule has 170 valence electrons. The molecule has 0 radical (unpaired) electrons. The van der Waals surface area contributed by atoms with Gasteiger partial charge in [-0.3, -0.25) is 0 Å². The second-order valence-corrected chi connectivity index (χ2v) is 9.34. The highest BCUT2D eigenvalue weighted by Gasteiger charge is 2.18. The molecule has 0 saturated heterocycles. The molecule has 1 nitrogen and oxygen atoms in total. The Morgan fingerprint density at radius 3 is 1.94 bits per heavy atom. The lowest BCUT2D eigenvalue weighted by molar-refractivity contribution is 0.519. The number of nitrogens with zero attached hydrogens (tertiary/aromatic N) is 1. The van der Waals surface area contributed by atoms with Gasteiger partial charge >= 0.3 is 0 Å². The second kappa shape index (κ2) is 12.1. The monoisotopic (exact) mass is 443 g/mol. The molecule has 0 aromatic heterocycles. The van der Waals surface area contributed by atoms with Crippen LogP contribution in [-0.2, 0) is 6.42 Å². The number of allylic oxidation sites excluding steroid dienone is 1. The fourth-order valence-electron chi connectivity index (χ4n) is 4.67. The van der Waals surface area contributed by atoms with Crippen LogP contribution in [0.25, 0.3) is 6.08 Å². The lowest BCUT2D eigenvalue weighted by Crippen LogP contribution is -2.06. The molecule has 0 heterocycles. The van der Waals surface area contributed by atoms with Gasteiger partial charge in [-0.2, -0.15) is 5.26 Å². The summed E-state index contributed by atoms with van der Waals surface area (Å²) in [5, 5.41) is 8.95. The topological polar surface area (TPSA) is 23.8 Å². The van der Waals surface area contributed by atoms with E-state index >= 15 is 0 Å². The molecule has 1 heteroatoms. The first kappa shape index (κ1) is 23.6. The van der Waals surface area contributed by atoms with E-state index in [0.29, 0.717) is 5.92 Å². The highest BCUT2D eigenvalue weighted by atomic mass is 14.2. The summed E-state index contributed by atoms with van der Waals surface area (Å²) in [5.74, 6) is 7.27. The zero-order valence-electron chi connectivity index (χ0n) is 20.2. The Morgan fingerprint density at radius 1 is 0.765 bits per heavy atom. The van der Waals surface area contributed by atoms with Gasteiger partial charge in [-0.25, -0.2) is 0 Å². The third kappa shape index (κ3) is 6.73. The minimum atomic E-state index is 0.625. The van der Waals surface area contributed by atoms with Crippen molar-refractivity contribution in [1.29, 1.82) is 5.26 Å². The van der Waals surface area contributed by atoms with Gasteiger partial charge < -0.3 is 0 Å². The Morgan fingerprint density at radius 2 is 1.35 bits per heavy atom. The van der Waals surface area contributed by atoms with E-state index < -0.39 is 0 Å². The number of aryl methyl sites for hydroxylation is 1. The van der Waals surface area contributed by atoms with Crippen LogP contribution >= 0.6 is 0 Å². The Hall–Kier alpha value is -3.55. The third-order valence-electron chi connectivity index (χ3n) is 6.79. The van der Waals surface area contributed by atoms with E-state index in [2.05, 4.69) is 79.4 Å². The molecule has 0 atom stereocenters. The first-order chi connectivity index (χ1) is 16.7. The van der Waals surface area contributed by atoms with Crippen LogP contribution in [0.2, 0.25) is 0 Å². The molecule has 1 fully saturated rings. The predicted molar refractivity (Wildman–Crippen MR) is 142 cm³/mol. The lowest BCUT2D eigenvalue weighted by atomic mass is 9.81. The second-order valence-electron chi connectivity index (χ2n) is 9.34. The van der Waals surface area contributed by atoms with Gasteiger partial charge in [0.15, 0.2) is 0 Å². The van der Waals surface area contributed by atoms with Crippen LogP contribution in [0, 0.1) is 23.2 Å². The number of hydrogen-bond acceptors (Lipinski definition) is 1. The zero-order valence-corrected chi connectivity index (χ0v) is 20.2. The summed E-state index contributed by atoms with van der Waals surface area (Å²) >= 11 is 0. The molecule has 1 saturated carbocycles. The van der Waals surface area contributed by atoms with Gasteiger partial charge in [0.25, 0.3) is 0 Å². The lowest BCUT2D eigenvalue weighted by Gasteiger charge is -2.24. The molecule has 3 aromatic carbocycles. The van der Waals surface area contributed by atoms with Crippen molar-refractivity contribution in [2.45, 2.75) is 64.2 Å². The average molecular weight is 444 g/mol. The fourth-order valence-corrected chi connectivity index (χ4v) is 4.67. The normalized spacial score (nSPS) is 15.2. The highest BCUT2D eigenvalue weighted by molar-refractivity contribution is 5.54. The van der Waals surface area contributed by atoms with E-state index in [-0.39, 0.29) is 0 Å². The molecule has 0 bridgehead atoms. The highest BCUT2D eigenvalue weighted by Crippen LogP contribution is 2.36. The maximum atomic E-state index is 8.95. The number of rotatable bonds is 6. The van der Waals surface area contributed by atoms with Crippen LogP contribution in [0.4, 0.5) is 0 Å². The smallest absolute Gasteiger partial charge is 0.0991 e. The fraction of sp³-hybridized carbons (Fsp3) is 0.303. The van der Waals surface area contributed by atoms with Crippen LogP contribution in [0.1, 0.15) is 91.2 Å². The van der Waals surface area contributed by atoms with Gasteiger partial charge in [-0.05, 0) is 97.5 Å². The van der Waals surface area contributed by atoms with Crippen LogP contribution in [0.3, 0.4) is 0 Å². The first-order valence-electron chi connectivity index (χ1n) is 12.6. The van der Waals surface area contributed by atoms with Gasteiger partial charge in [0.1, 0.15) is 0 Å². The van der Waals surface area contributed by atoms with Gasteiger partial charge in [-0.15, -0.1) is 0 Å². The van der Waals surface area contributed by atoms with Gasteiger partial charge in [0.2, 0.25) is 0 Å². The van der Waals surface area contributed by atoms with E-state index in [4.69, 9.17) is 5.26 Å². The van der Waals surface area contributed by atoms with Crippen molar-refractivity contribution < 1.29 is 0 Å². The van der Waals surface area contributed by atoms with Crippen molar-refractivity contribution in [2.75, 3.05) is 0 Å². The maximum absolute atomic E-state index is 8.95. The molecular weight excluding hydrogens is 410 g/mol. The van der Waals surface area contributed by atoms with Crippen molar-refractivity contribution in [3.8, 4) is 17.9 Å². The van der Waals surface area contributed by atoms with Crippen LogP contribution < -0.4 is 0 Å². The molecule has 1 aliphatic rings. The molecule has 0 N–H and O–H groups in total. The summed E-state index contributed by atoms with van der Waals surface area (Å²) < 4.78 is 0. The minimum absolute atomic E-state index is 0.625. The average Bonchev–Trinajstić information content (AvgIpc) is 2.90. The van der Waals surface area contributed by atoms with Crippen molar-refractivity contribution in [2.24, 2.45) is 0 Å². The number of unbranched alkanes of at least 4 members (excludes halogenated alkanes) is 2. The van der Waals surface area contributed by atoms with E-state index in [9.17, 15) is 0 Å². The molecule has 1 aliphatic carbocycles. The SMILES string of the molecule is CCCCCc1ccc(C#Cc2ccc(C3CCC(=Cc4ccc(C#N)cc4)CC3)cc2)cc1. The summed E-state index contributed by atoms with van der Waals surface area (Å²) in [4.78, 5) is 0. The molecule has 3 aromatic rings. The van der Waals surface area contributed by atoms with E-state index in [1.54, 1.807) is 0 Å². The van der Waals surface area contributed by atoms with E-state index in [1.165, 1.54) is 54.4 Å². The standard InChI is InChI=1S/C33H33N/c1-2-3-4-5-26-6-8-27(9-7-26)10-11-28-16-20-32(21-17-28)33-22-18-30(19-23-33)24-29-12-14-31(25-34)15-13-29/h6-9,12-17,20-21,24,33H,2-5,18-19,22-23H2,1H3. The summed E-state index contributed by atoms with van der Waals surface area (Å²) in [6.07, 6.45) is 12.0.